The second-order valence-corrected chi connectivity index (χ2v) is 13.1. The predicted molar refractivity (Wildman–Crippen MR) is 196 cm³/mol. The van der Waals surface area contributed by atoms with Crippen LogP contribution in [0.25, 0.3) is 11.1 Å². The minimum absolute atomic E-state index is 0. The lowest BCUT2D eigenvalue weighted by molar-refractivity contribution is -0.171. The van der Waals surface area contributed by atoms with Gasteiger partial charge in [-0.2, -0.15) is 5.26 Å². The monoisotopic (exact) mass is 729 g/mol. The van der Waals surface area contributed by atoms with E-state index in [4.69, 9.17) is 34.8 Å². The normalized spacial score (nSPS) is 12.8. The van der Waals surface area contributed by atoms with Crippen molar-refractivity contribution in [1.82, 2.24) is 0 Å². The number of aliphatic hydroxyl groups excluding tert-OH is 2. The zero-order chi connectivity index (χ0) is 39.7. The van der Waals surface area contributed by atoms with Gasteiger partial charge in [-0.3, -0.25) is 0 Å². The fraction of sp³-hybridized carbons (Fsp3) is 0.462. The van der Waals surface area contributed by atoms with Crippen LogP contribution >= 0.6 is 0 Å². The molecule has 288 valence electrons. The minimum atomic E-state index is -1.28. The first-order valence-electron chi connectivity index (χ1n) is 16.2. The molecule has 0 aliphatic heterocycles. The lowest BCUT2D eigenvalue weighted by Gasteiger charge is -2.25. The van der Waals surface area contributed by atoms with Crippen LogP contribution in [0.5, 0.6) is 0 Å². The SMILES string of the molecule is C=C(C)c1ccc(C(C)(C)CCOC(=O)C(C)OC(=O)C(C)O)cc1.C=C(C)c1ccc(C(C)(C)OC#N)cc1.CC(O)C(=O)OC(C)C(=O)O.O. The molecule has 13 nitrogen and oxygen atoms in total. The Balaban J connectivity index is 0. The molecule has 0 aliphatic rings. The molecule has 13 heteroatoms. The Labute approximate surface area is 306 Å². The van der Waals surface area contributed by atoms with Crippen LogP contribution in [0, 0.1) is 11.5 Å². The number of hydrogen-bond donors (Lipinski definition) is 3. The highest BCUT2D eigenvalue weighted by molar-refractivity contribution is 5.81. The summed E-state index contributed by atoms with van der Waals surface area (Å²) < 4.78 is 19.3. The van der Waals surface area contributed by atoms with E-state index in [1.165, 1.54) is 27.7 Å². The van der Waals surface area contributed by atoms with Crippen LogP contribution in [0.3, 0.4) is 0 Å². The zero-order valence-electron chi connectivity index (χ0n) is 31.8. The van der Waals surface area contributed by atoms with E-state index < -0.39 is 53.9 Å². The molecule has 5 N–H and O–H groups in total. The number of carboxylic acids is 1. The van der Waals surface area contributed by atoms with Crippen LogP contribution in [-0.4, -0.2) is 75.7 Å². The molecule has 2 aromatic rings. The fourth-order valence-corrected chi connectivity index (χ4v) is 3.85. The fourth-order valence-electron chi connectivity index (χ4n) is 3.85. The third-order valence-electron chi connectivity index (χ3n) is 7.45. The second-order valence-electron chi connectivity index (χ2n) is 13.1. The smallest absolute Gasteiger partial charge is 0.347 e. The Morgan fingerprint density at radius 1 is 0.731 bits per heavy atom. The van der Waals surface area contributed by atoms with Crippen molar-refractivity contribution in [2.75, 3.05) is 6.61 Å². The van der Waals surface area contributed by atoms with E-state index in [1.807, 2.05) is 64.1 Å². The minimum Gasteiger partial charge on any atom is -0.479 e. The largest absolute Gasteiger partial charge is 0.479 e. The third-order valence-corrected chi connectivity index (χ3v) is 7.45. The molecule has 0 amide bonds. The Morgan fingerprint density at radius 3 is 1.46 bits per heavy atom. The summed E-state index contributed by atoms with van der Waals surface area (Å²) in [6.45, 7) is 24.9. The predicted octanol–water partition coefficient (Wildman–Crippen LogP) is 5.25. The number of nitriles is 1. The zero-order valence-corrected chi connectivity index (χ0v) is 31.8. The average molecular weight is 730 g/mol. The second kappa shape index (κ2) is 22.7. The van der Waals surface area contributed by atoms with Crippen molar-refractivity contribution in [1.29, 1.82) is 5.26 Å². The van der Waals surface area contributed by atoms with Crippen LogP contribution < -0.4 is 0 Å². The van der Waals surface area contributed by atoms with Crippen LogP contribution in [0.2, 0.25) is 0 Å². The van der Waals surface area contributed by atoms with Gasteiger partial charge >= 0.3 is 23.9 Å². The maximum absolute atomic E-state index is 11.9. The molecule has 4 unspecified atom stereocenters. The Hall–Kier alpha value is -5.03. The maximum Gasteiger partial charge on any atom is 0.347 e. The Morgan fingerprint density at radius 2 is 1.12 bits per heavy atom. The lowest BCUT2D eigenvalue weighted by atomic mass is 9.81. The topological polar surface area (TPSA) is 221 Å². The van der Waals surface area contributed by atoms with Crippen molar-refractivity contribution >= 4 is 35.0 Å². The molecule has 0 aliphatic carbocycles. The first-order valence-corrected chi connectivity index (χ1v) is 16.2. The van der Waals surface area contributed by atoms with Crippen molar-refractivity contribution in [3.8, 4) is 6.26 Å². The van der Waals surface area contributed by atoms with Gasteiger partial charge in [-0.15, -0.1) is 0 Å². The number of carbonyl (C=O) groups is 4. The average Bonchev–Trinajstić information content (AvgIpc) is 3.05. The number of carbonyl (C=O) groups excluding carboxylic acids is 3. The van der Waals surface area contributed by atoms with E-state index in [-0.39, 0.29) is 17.5 Å². The van der Waals surface area contributed by atoms with Crippen molar-refractivity contribution in [2.24, 2.45) is 0 Å². The Bertz CT molecular complexity index is 1520. The van der Waals surface area contributed by atoms with Crippen molar-refractivity contribution in [2.45, 2.75) is 111 Å². The van der Waals surface area contributed by atoms with Crippen LogP contribution in [0.15, 0.2) is 61.7 Å². The molecule has 0 bridgehead atoms. The van der Waals surface area contributed by atoms with Gasteiger partial charge in [-0.1, -0.05) is 86.7 Å². The van der Waals surface area contributed by atoms with Gasteiger partial charge < -0.3 is 39.7 Å². The van der Waals surface area contributed by atoms with Crippen LogP contribution in [0.4, 0.5) is 0 Å². The van der Waals surface area contributed by atoms with Crippen molar-refractivity contribution in [3.05, 3.63) is 83.9 Å². The quantitative estimate of drug-likeness (QED) is 0.129. The number of benzene rings is 2. The van der Waals surface area contributed by atoms with Crippen LogP contribution in [-0.2, 0) is 49.1 Å². The number of rotatable bonds is 14. The molecule has 4 atom stereocenters. The molecule has 0 fully saturated rings. The molecular weight excluding hydrogens is 674 g/mol. The van der Waals surface area contributed by atoms with Gasteiger partial charge in [0.05, 0.1) is 6.61 Å². The highest BCUT2D eigenvalue weighted by Crippen LogP contribution is 2.28. The Kier molecular flexibility index (Phi) is 21.4. The van der Waals surface area contributed by atoms with E-state index in [0.29, 0.717) is 6.42 Å². The lowest BCUT2D eigenvalue weighted by Crippen LogP contribution is -2.31. The molecule has 0 radical (unpaired) electrons. The van der Waals surface area contributed by atoms with Gasteiger partial charge in [0.25, 0.3) is 6.26 Å². The summed E-state index contributed by atoms with van der Waals surface area (Å²) in [6, 6.07) is 16.1. The number of aliphatic carboxylic acids is 1. The molecule has 52 heavy (non-hydrogen) atoms. The summed E-state index contributed by atoms with van der Waals surface area (Å²) in [6.07, 6.45) is -2.45. The van der Waals surface area contributed by atoms with E-state index in [1.54, 1.807) is 6.26 Å². The van der Waals surface area contributed by atoms with Gasteiger partial charge in [0.15, 0.2) is 12.2 Å². The van der Waals surface area contributed by atoms with Crippen molar-refractivity contribution < 1.29 is 58.9 Å². The summed E-state index contributed by atoms with van der Waals surface area (Å²) in [5, 5.41) is 34.4. The molecule has 0 aromatic heterocycles. The molecule has 0 saturated carbocycles. The van der Waals surface area contributed by atoms with Crippen LogP contribution in [0.1, 0.15) is 97.9 Å². The van der Waals surface area contributed by atoms with Gasteiger partial charge in [0, 0.05) is 0 Å². The van der Waals surface area contributed by atoms with Gasteiger partial charge in [0.1, 0.15) is 17.8 Å². The molecule has 2 aromatic carbocycles. The summed E-state index contributed by atoms with van der Waals surface area (Å²) in [5.74, 6) is -3.64. The van der Waals surface area contributed by atoms with E-state index in [2.05, 4.69) is 43.9 Å². The number of carboxylic acid groups (broad SMARTS) is 1. The van der Waals surface area contributed by atoms with Crippen molar-refractivity contribution in [3.63, 3.8) is 0 Å². The van der Waals surface area contributed by atoms with E-state index in [9.17, 15) is 19.2 Å². The van der Waals surface area contributed by atoms with E-state index in [0.717, 1.165) is 33.4 Å². The van der Waals surface area contributed by atoms with E-state index >= 15 is 0 Å². The van der Waals surface area contributed by atoms with Gasteiger partial charge in [-0.25, -0.2) is 19.2 Å². The highest BCUT2D eigenvalue weighted by Gasteiger charge is 2.25. The molecule has 0 heterocycles. The summed E-state index contributed by atoms with van der Waals surface area (Å²) in [4.78, 5) is 43.7. The summed E-state index contributed by atoms with van der Waals surface area (Å²) in [5.41, 5.74) is 5.62. The molecular formula is C39H55NO12. The number of allylic oxidation sites excluding steroid dienone is 2. The summed E-state index contributed by atoms with van der Waals surface area (Å²) >= 11 is 0. The number of nitrogens with zero attached hydrogens (tertiary/aromatic N) is 1. The van der Waals surface area contributed by atoms with Gasteiger partial charge in [0.2, 0.25) is 0 Å². The molecule has 0 saturated heterocycles. The first kappa shape index (κ1) is 49.1. The number of esters is 3. The highest BCUT2D eigenvalue weighted by atomic mass is 16.6. The number of hydrogen-bond acceptors (Lipinski definition) is 11. The molecule has 2 rings (SSSR count). The maximum atomic E-state index is 11.9. The first-order chi connectivity index (χ1) is 23.5. The van der Waals surface area contributed by atoms with Gasteiger partial charge in [-0.05, 0) is 89.5 Å². The summed E-state index contributed by atoms with van der Waals surface area (Å²) in [7, 11) is 0. The number of ether oxygens (including phenoxy) is 4. The third kappa shape index (κ3) is 17.8. The molecule has 0 spiro atoms. The number of aliphatic hydroxyl groups is 2. The standard InChI is InChI=1S/C20H28O5.C13H15NO.C6H10O5.H2O/c1-13(2)16-7-9-17(10-8-16)20(5,6)11-12-24-19(23)15(4)25-18(22)14(3)21;1-10(2)11-5-7-12(8-6-11)13(3,4)15-9-14;1-3(7)6(10)11-4(2)5(8)9;/h7-10,14-15,21H,1,11-12H2,2-6H3;5-8H,1H2,2-4H3;3-4,7H,1-2H3,(H,8,9);1H2.